The fraction of sp³-hybridized carbons (Fsp3) is 0.600. The second-order valence-electron chi connectivity index (χ2n) is 52.8. The Labute approximate surface area is 897 Å². The first kappa shape index (κ1) is 130. The fourth-order valence-electron chi connectivity index (χ4n) is 15.5. The molecule has 0 aliphatic carbocycles. The van der Waals surface area contributed by atoms with Crippen LogP contribution >= 0.6 is 0 Å². The molecule has 0 heterocycles. The monoisotopic (exact) mass is 2130 g/mol. The average Bonchev–Trinajstić information content (AvgIpc) is 0.754. The molecule has 0 aromatic heterocycles. The predicted molar refractivity (Wildman–Crippen MR) is 614 cm³/mol. The van der Waals surface area contributed by atoms with Crippen molar-refractivity contribution in [3.8, 4) is 92.0 Å². The highest BCUT2D eigenvalue weighted by atomic mass is 28.4. The van der Waals surface area contributed by atoms with E-state index in [1.165, 1.54) is 0 Å². The van der Waals surface area contributed by atoms with Crippen LogP contribution in [-0.2, 0) is 35.4 Å². The number of rotatable bonds is 32. The van der Waals surface area contributed by atoms with Crippen molar-refractivity contribution in [1.29, 1.82) is 0 Å². The van der Waals surface area contributed by atoms with Crippen molar-refractivity contribution in [2.75, 3.05) is 56.9 Å². The van der Waals surface area contributed by atoms with Crippen LogP contribution in [0.3, 0.4) is 0 Å². The minimum absolute atomic E-state index is 0.353. The standard InChI is InChI=1S/4C30H48O6Si/c1-27(2,3)33-21-15-22(34-28(4,5)6)18-25(17-21)37(31-13,32-14)26-19-23(35-29(7,8)9)16-24(20-26)36-30(10,11)12;1-27(2,3)33-21-15-17-25(23(19-21)35-29(7,8)9)37(31-13,32-14)26-18-16-22(34-28(4,5)6)20-24(26)36-30(10,11)12;1-27(2,3)33-21-15-17-23(35-29(7,8)9)25(19-21)37(31-13,32-14)26-20-22(34-28(4,5)6)16-18-24(26)36-30(10,11)12;1-27(2,3)33-21-17-15-19-23(25(21)35-29(7,8)9)37(31-13,32-14)24-20-16-18-22(34-28(4,5)6)26(24)36-30(10,11)12/h4*15-20H,1-14H3. The van der Waals surface area contributed by atoms with E-state index in [-0.39, 0.29) is 22.4 Å². The summed E-state index contributed by atoms with van der Waals surface area (Å²) in [6.07, 6.45) is 0. The first-order chi connectivity index (χ1) is 66.7. The molecular weight excluding hydrogens is 1940 g/mol. The van der Waals surface area contributed by atoms with E-state index in [2.05, 4.69) is 0 Å². The molecular formula is C120H192O24Si4. The molecule has 8 aromatic carbocycles. The second-order valence-corrected chi connectivity index (χ2v) is 65.4. The summed E-state index contributed by atoms with van der Waals surface area (Å²) in [5.74, 6) is 10.7. The zero-order chi connectivity index (χ0) is 114. The van der Waals surface area contributed by atoms with Gasteiger partial charge < -0.3 is 111 Å². The van der Waals surface area contributed by atoms with Gasteiger partial charge in [0.2, 0.25) is 0 Å². The smallest absolute Gasteiger partial charge is 0.414 e. The first-order valence-corrected chi connectivity index (χ1v) is 58.6. The summed E-state index contributed by atoms with van der Waals surface area (Å²) in [5, 5.41) is 6.54. The van der Waals surface area contributed by atoms with Gasteiger partial charge in [-0.1, -0.05) is 36.4 Å². The van der Waals surface area contributed by atoms with E-state index in [9.17, 15) is 0 Å². The van der Waals surface area contributed by atoms with E-state index in [0.29, 0.717) is 92.0 Å². The number of benzene rings is 8. The Bertz CT molecular complexity index is 5150. The van der Waals surface area contributed by atoms with E-state index in [1.54, 1.807) is 56.9 Å². The minimum Gasteiger partial charge on any atom is -0.488 e. The number of hydrogen-bond acceptors (Lipinski definition) is 24. The summed E-state index contributed by atoms with van der Waals surface area (Å²) < 4.78 is 152. The number of ether oxygens (including phenoxy) is 16. The number of hydrogen-bond donors (Lipinski definition) is 0. The Kier molecular flexibility index (Phi) is 42.6. The highest BCUT2D eigenvalue weighted by molar-refractivity contribution is 6.95. The van der Waals surface area contributed by atoms with Gasteiger partial charge in [-0.2, -0.15) is 0 Å². The fourth-order valence-corrected chi connectivity index (χ4v) is 27.0. The van der Waals surface area contributed by atoms with E-state index < -0.39 is 101 Å². The molecule has 0 aliphatic heterocycles. The summed E-state index contributed by atoms with van der Waals surface area (Å²) in [6, 6.07) is 46.9. The molecule has 8 rings (SSSR count). The van der Waals surface area contributed by atoms with Crippen molar-refractivity contribution in [2.45, 2.75) is 422 Å². The lowest BCUT2D eigenvalue weighted by Gasteiger charge is -2.36. The largest absolute Gasteiger partial charge is 0.488 e. The van der Waals surface area contributed by atoms with E-state index in [4.69, 9.17) is 111 Å². The maximum absolute atomic E-state index is 6.57. The van der Waals surface area contributed by atoms with Crippen LogP contribution in [0.25, 0.3) is 0 Å². The molecule has 832 valence electrons. The van der Waals surface area contributed by atoms with Crippen LogP contribution < -0.4 is 117 Å². The van der Waals surface area contributed by atoms with E-state index in [1.807, 2.05) is 478 Å². The zero-order valence-electron chi connectivity index (χ0n) is 102. The third-order valence-corrected chi connectivity index (χ3v) is 32.8. The lowest BCUT2D eigenvalue weighted by Crippen LogP contribution is -2.63. The predicted octanol–water partition coefficient (Wildman–Crippen LogP) is 25.0. The molecule has 28 heteroatoms. The lowest BCUT2D eigenvalue weighted by atomic mass is 10.1. The minimum atomic E-state index is -3.41. The third kappa shape index (κ3) is 41.6. The highest BCUT2D eigenvalue weighted by Crippen LogP contribution is 2.42. The van der Waals surface area contributed by atoms with Crippen molar-refractivity contribution < 1.29 is 111 Å². The Morgan fingerprint density at radius 3 is 0.534 bits per heavy atom. The van der Waals surface area contributed by atoms with Gasteiger partial charge in [-0.05, 0) is 417 Å². The highest BCUT2D eigenvalue weighted by Gasteiger charge is 2.53. The van der Waals surface area contributed by atoms with Gasteiger partial charge >= 0.3 is 34.2 Å². The van der Waals surface area contributed by atoms with Crippen LogP contribution in [0.4, 0.5) is 0 Å². The molecule has 0 saturated carbocycles. The Hall–Kier alpha value is -8.89. The second kappa shape index (κ2) is 48.6. The topological polar surface area (TPSA) is 222 Å². The molecule has 0 amide bonds. The Balaban J connectivity index is 0.000000347. The molecule has 0 atom stereocenters. The van der Waals surface area contributed by atoms with Gasteiger partial charge in [-0.25, -0.2) is 0 Å². The molecule has 0 unspecified atom stereocenters. The van der Waals surface area contributed by atoms with Crippen LogP contribution in [-0.4, -0.2) is 181 Å². The summed E-state index contributed by atoms with van der Waals surface area (Å²) in [7, 11) is 0.0370. The van der Waals surface area contributed by atoms with Gasteiger partial charge in [-0.3, -0.25) is 0 Å². The molecule has 0 radical (unpaired) electrons. The molecule has 24 nitrogen and oxygen atoms in total. The normalized spacial score (nSPS) is 13.4. The summed E-state index contributed by atoms with van der Waals surface area (Å²) in [6.45, 7) is 96.8. The lowest BCUT2D eigenvalue weighted by molar-refractivity contribution is 0.0954. The number of para-hydroxylation sites is 2. The van der Waals surface area contributed by atoms with E-state index in [0.717, 1.165) is 41.5 Å². The van der Waals surface area contributed by atoms with Crippen molar-refractivity contribution in [1.82, 2.24) is 0 Å². The van der Waals surface area contributed by atoms with Crippen molar-refractivity contribution in [3.63, 3.8) is 0 Å². The average molecular weight is 2130 g/mol. The van der Waals surface area contributed by atoms with Gasteiger partial charge in [0.1, 0.15) is 159 Å². The molecule has 0 N–H and O–H groups in total. The van der Waals surface area contributed by atoms with Gasteiger partial charge in [-0.15, -0.1) is 0 Å². The van der Waals surface area contributed by atoms with Gasteiger partial charge in [0.05, 0.1) is 0 Å². The Morgan fingerprint density at radius 1 is 0.135 bits per heavy atom. The molecule has 0 spiro atoms. The van der Waals surface area contributed by atoms with Gasteiger partial charge in [0, 0.05) is 123 Å². The summed E-state index contributed by atoms with van der Waals surface area (Å²) >= 11 is 0. The van der Waals surface area contributed by atoms with Gasteiger partial charge in [0.25, 0.3) is 0 Å². The van der Waals surface area contributed by atoms with Crippen LogP contribution in [0.2, 0.25) is 0 Å². The van der Waals surface area contributed by atoms with Crippen molar-refractivity contribution >= 4 is 75.7 Å². The van der Waals surface area contributed by atoms with Crippen LogP contribution in [0.15, 0.2) is 146 Å². The molecule has 0 fully saturated rings. The molecule has 0 bridgehead atoms. The summed E-state index contributed by atoms with van der Waals surface area (Å²) in [4.78, 5) is 0. The Morgan fingerprint density at radius 2 is 0.318 bits per heavy atom. The molecule has 8 aromatic rings. The SMILES string of the molecule is CO[Si](OC)(c1cc(OC(C)(C)C)cc(OC(C)(C)C)c1)c1cc(OC(C)(C)C)cc(OC(C)(C)C)c1.CO[Si](OC)(c1cc(OC(C)(C)C)ccc1OC(C)(C)C)c1cc(OC(C)(C)C)ccc1OC(C)(C)C.CO[Si](OC)(c1ccc(OC(C)(C)C)cc1OC(C)(C)C)c1ccc(OC(C)(C)C)cc1OC(C)(C)C.CO[Si](OC)(c1cccc(OC(C)(C)C)c1OC(C)(C)C)c1cccc(OC(C)(C)C)c1OC(C)(C)C. The quantitative estimate of drug-likeness (QED) is 0.0358. The maximum atomic E-state index is 6.57. The van der Waals surface area contributed by atoms with Gasteiger partial charge in [0.15, 0.2) is 23.0 Å². The maximum Gasteiger partial charge on any atom is 0.414 e. The first-order valence-electron chi connectivity index (χ1n) is 51.3. The zero-order valence-corrected chi connectivity index (χ0v) is 106. The molecule has 0 aliphatic rings. The van der Waals surface area contributed by atoms with E-state index >= 15 is 0 Å². The van der Waals surface area contributed by atoms with Crippen molar-refractivity contribution in [3.05, 3.63) is 146 Å². The molecule has 0 saturated heterocycles. The van der Waals surface area contributed by atoms with Crippen LogP contribution in [0.5, 0.6) is 92.0 Å². The third-order valence-electron chi connectivity index (χ3n) is 19.4. The van der Waals surface area contributed by atoms with Crippen LogP contribution in [0.1, 0.15) is 332 Å². The van der Waals surface area contributed by atoms with Crippen molar-refractivity contribution in [2.24, 2.45) is 0 Å². The van der Waals surface area contributed by atoms with Crippen LogP contribution in [0, 0.1) is 0 Å². The molecule has 148 heavy (non-hydrogen) atoms. The summed E-state index contributed by atoms with van der Waals surface area (Å²) in [5.41, 5.74) is -6.66.